The highest BCUT2D eigenvalue weighted by molar-refractivity contribution is 7.97. The minimum Gasteiger partial charge on any atom is -0.455 e. The van der Waals surface area contributed by atoms with Crippen LogP contribution in [0.3, 0.4) is 0 Å². The molecule has 1 aliphatic heterocycles. The van der Waals surface area contributed by atoms with Gasteiger partial charge < -0.3 is 9.32 Å². The number of nitrogens with zero attached hydrogens (tertiary/aromatic N) is 1. The van der Waals surface area contributed by atoms with Gasteiger partial charge in [-0.15, -0.1) is 0 Å². The lowest BCUT2D eigenvalue weighted by Crippen LogP contribution is -2.28. The number of thioether (sulfide) groups is 1. The van der Waals surface area contributed by atoms with E-state index in [1.54, 1.807) is 30.0 Å². The third-order valence-electron chi connectivity index (χ3n) is 3.98. The van der Waals surface area contributed by atoms with Crippen molar-refractivity contribution in [1.82, 2.24) is 4.90 Å². The van der Waals surface area contributed by atoms with Gasteiger partial charge in [-0.05, 0) is 42.5 Å². The monoisotopic (exact) mass is 319 g/mol. The van der Waals surface area contributed by atoms with Crippen molar-refractivity contribution >= 4 is 17.7 Å². The number of likely N-dealkylation sites (tertiary alicyclic amines) is 1. The molecule has 0 spiro atoms. The summed E-state index contributed by atoms with van der Waals surface area (Å²) in [7, 11) is 0. The first-order chi connectivity index (χ1) is 10.7. The fourth-order valence-corrected chi connectivity index (χ4v) is 3.26. The molecule has 1 amide bonds. The molecule has 1 aliphatic rings. The summed E-state index contributed by atoms with van der Waals surface area (Å²) < 4.78 is 18.6. The Bertz CT molecular complexity index is 653. The molecule has 1 atom stereocenters. The van der Waals surface area contributed by atoms with Crippen molar-refractivity contribution < 1.29 is 13.6 Å². The Balaban J connectivity index is 1.66. The summed E-state index contributed by atoms with van der Waals surface area (Å²) in [6, 6.07) is 10.2. The van der Waals surface area contributed by atoms with Crippen LogP contribution in [0.25, 0.3) is 0 Å². The van der Waals surface area contributed by atoms with Crippen LogP contribution in [-0.2, 0) is 5.75 Å². The Labute approximate surface area is 133 Å². The Morgan fingerprint density at radius 2 is 2.09 bits per heavy atom. The molecule has 2 aromatic rings. The molecule has 0 N–H and O–H groups in total. The van der Waals surface area contributed by atoms with E-state index in [1.165, 1.54) is 12.1 Å². The minimum atomic E-state index is -0.230. The lowest BCUT2D eigenvalue weighted by molar-refractivity contribution is 0.0757. The van der Waals surface area contributed by atoms with Crippen LogP contribution in [0.5, 0.6) is 0 Å². The summed E-state index contributed by atoms with van der Waals surface area (Å²) in [4.78, 5) is 14.3. The van der Waals surface area contributed by atoms with Crippen LogP contribution in [0.15, 0.2) is 40.8 Å². The highest BCUT2D eigenvalue weighted by Gasteiger charge is 2.29. The van der Waals surface area contributed by atoms with E-state index >= 15 is 0 Å². The van der Waals surface area contributed by atoms with Crippen LogP contribution in [0, 0.1) is 5.82 Å². The second-order valence-corrected chi connectivity index (χ2v) is 6.35. The van der Waals surface area contributed by atoms with Gasteiger partial charge in [-0.25, -0.2) is 4.39 Å². The van der Waals surface area contributed by atoms with E-state index in [0.29, 0.717) is 18.8 Å². The predicted molar refractivity (Wildman–Crippen MR) is 85.6 cm³/mol. The van der Waals surface area contributed by atoms with Gasteiger partial charge in [0, 0.05) is 19.0 Å². The van der Waals surface area contributed by atoms with Crippen LogP contribution in [0.4, 0.5) is 4.39 Å². The highest BCUT2D eigenvalue weighted by atomic mass is 32.2. The second kappa shape index (κ2) is 6.57. The van der Waals surface area contributed by atoms with Crippen LogP contribution in [-0.4, -0.2) is 30.2 Å². The normalized spacial score (nSPS) is 17.9. The minimum absolute atomic E-state index is 0.0584. The highest BCUT2D eigenvalue weighted by Crippen LogP contribution is 2.28. The zero-order valence-electron chi connectivity index (χ0n) is 12.4. The van der Waals surface area contributed by atoms with Gasteiger partial charge >= 0.3 is 0 Å². The van der Waals surface area contributed by atoms with Gasteiger partial charge in [0.05, 0.1) is 5.75 Å². The van der Waals surface area contributed by atoms with E-state index in [0.717, 1.165) is 23.5 Å². The van der Waals surface area contributed by atoms with E-state index in [2.05, 4.69) is 0 Å². The lowest BCUT2D eigenvalue weighted by Gasteiger charge is -2.15. The SMILES string of the molecule is CSCc1ccc(C(=O)N2CC[C@H](c3ccc(F)cc3)C2)o1. The van der Waals surface area contributed by atoms with Crippen molar-refractivity contribution in [2.75, 3.05) is 19.3 Å². The van der Waals surface area contributed by atoms with Gasteiger partial charge in [0.15, 0.2) is 5.76 Å². The average Bonchev–Trinajstić information content (AvgIpc) is 3.17. The zero-order valence-corrected chi connectivity index (χ0v) is 13.2. The van der Waals surface area contributed by atoms with Gasteiger partial charge in [-0.3, -0.25) is 4.79 Å². The summed E-state index contributed by atoms with van der Waals surface area (Å²) in [5.74, 6) is 1.98. The molecule has 0 aliphatic carbocycles. The van der Waals surface area contributed by atoms with Gasteiger partial charge in [0.1, 0.15) is 11.6 Å². The summed E-state index contributed by atoms with van der Waals surface area (Å²) in [5, 5.41) is 0. The molecule has 0 radical (unpaired) electrons. The molecular formula is C17H18FNO2S. The Morgan fingerprint density at radius 1 is 1.32 bits per heavy atom. The molecule has 116 valence electrons. The first-order valence-electron chi connectivity index (χ1n) is 7.30. The summed E-state index contributed by atoms with van der Waals surface area (Å²) in [6.07, 6.45) is 2.90. The maximum absolute atomic E-state index is 13.0. The maximum Gasteiger partial charge on any atom is 0.289 e. The fraction of sp³-hybridized carbons (Fsp3) is 0.353. The van der Waals surface area contributed by atoms with Crippen LogP contribution < -0.4 is 0 Å². The molecule has 3 rings (SSSR count). The number of hydrogen-bond donors (Lipinski definition) is 0. The van der Waals surface area contributed by atoms with Gasteiger partial charge in [-0.2, -0.15) is 11.8 Å². The fourth-order valence-electron chi connectivity index (χ4n) is 2.82. The van der Waals surface area contributed by atoms with E-state index in [9.17, 15) is 9.18 Å². The first kappa shape index (κ1) is 15.2. The number of furan rings is 1. The molecular weight excluding hydrogens is 301 g/mol. The molecule has 0 unspecified atom stereocenters. The molecule has 3 nitrogen and oxygen atoms in total. The Hall–Kier alpha value is -1.75. The Kier molecular flexibility index (Phi) is 4.52. The smallest absolute Gasteiger partial charge is 0.289 e. The summed E-state index contributed by atoms with van der Waals surface area (Å²) >= 11 is 1.66. The molecule has 1 saturated heterocycles. The van der Waals surface area contributed by atoms with Gasteiger partial charge in [-0.1, -0.05) is 12.1 Å². The largest absolute Gasteiger partial charge is 0.455 e. The number of carbonyl (C=O) groups excluding carboxylic acids is 1. The number of hydrogen-bond acceptors (Lipinski definition) is 3. The molecule has 22 heavy (non-hydrogen) atoms. The van der Waals surface area contributed by atoms with E-state index in [1.807, 2.05) is 17.2 Å². The number of halogens is 1. The van der Waals surface area contributed by atoms with Crippen molar-refractivity contribution in [3.05, 3.63) is 59.3 Å². The van der Waals surface area contributed by atoms with Crippen molar-refractivity contribution in [1.29, 1.82) is 0 Å². The molecule has 1 aromatic carbocycles. The first-order valence-corrected chi connectivity index (χ1v) is 8.69. The van der Waals surface area contributed by atoms with Gasteiger partial charge in [0.25, 0.3) is 5.91 Å². The zero-order chi connectivity index (χ0) is 15.5. The Morgan fingerprint density at radius 3 is 2.82 bits per heavy atom. The third-order valence-corrected chi connectivity index (χ3v) is 4.55. The molecule has 0 bridgehead atoms. The number of amides is 1. The molecule has 1 fully saturated rings. The molecule has 0 saturated carbocycles. The lowest BCUT2D eigenvalue weighted by atomic mass is 9.99. The molecule has 2 heterocycles. The summed E-state index contributed by atoms with van der Waals surface area (Å²) in [5.41, 5.74) is 1.08. The molecule has 1 aromatic heterocycles. The van der Waals surface area contributed by atoms with Crippen molar-refractivity contribution in [3.8, 4) is 0 Å². The second-order valence-electron chi connectivity index (χ2n) is 5.49. The van der Waals surface area contributed by atoms with Crippen molar-refractivity contribution in [3.63, 3.8) is 0 Å². The van der Waals surface area contributed by atoms with E-state index in [-0.39, 0.29) is 17.6 Å². The third kappa shape index (κ3) is 3.19. The predicted octanol–water partition coefficient (Wildman–Crippen LogP) is 3.91. The topological polar surface area (TPSA) is 33.5 Å². The van der Waals surface area contributed by atoms with Crippen LogP contribution in [0.2, 0.25) is 0 Å². The standard InChI is InChI=1S/C17H18FNO2S/c1-22-11-15-6-7-16(21-15)17(20)19-9-8-13(10-19)12-2-4-14(18)5-3-12/h2-7,13H,8-11H2,1H3/t13-/m0/s1. The number of carbonyl (C=O) groups is 1. The van der Waals surface area contributed by atoms with Crippen LogP contribution >= 0.6 is 11.8 Å². The quantitative estimate of drug-likeness (QED) is 0.856. The van der Waals surface area contributed by atoms with Crippen molar-refractivity contribution in [2.45, 2.75) is 18.1 Å². The number of benzene rings is 1. The summed E-state index contributed by atoms with van der Waals surface area (Å²) in [6.45, 7) is 1.36. The maximum atomic E-state index is 13.0. The van der Waals surface area contributed by atoms with E-state index in [4.69, 9.17) is 4.42 Å². The number of rotatable bonds is 4. The van der Waals surface area contributed by atoms with Crippen LogP contribution in [0.1, 0.15) is 34.2 Å². The van der Waals surface area contributed by atoms with Crippen molar-refractivity contribution in [2.24, 2.45) is 0 Å². The van der Waals surface area contributed by atoms with E-state index < -0.39 is 0 Å². The molecule has 5 heteroatoms. The average molecular weight is 319 g/mol. The van der Waals surface area contributed by atoms with Gasteiger partial charge in [0.2, 0.25) is 0 Å².